The van der Waals surface area contributed by atoms with Crippen molar-refractivity contribution in [3.8, 4) is 5.88 Å². The molecule has 0 spiro atoms. The standard InChI is InChI=1S/C6H9N3O/c1-10-6-3-2-5(9-7)4-8-6/h2-4,9H,7H2,1H3/i1D3. The van der Waals surface area contributed by atoms with Gasteiger partial charge in [-0.3, -0.25) is 5.84 Å². The second-order valence-corrected chi connectivity index (χ2v) is 1.63. The zero-order chi connectivity index (χ0) is 9.90. The number of rotatable bonds is 2. The largest absolute Gasteiger partial charge is 0.481 e. The molecule has 1 aromatic rings. The number of ether oxygens (including phenoxy) is 1. The first-order valence-corrected chi connectivity index (χ1v) is 2.63. The average molecular weight is 142 g/mol. The third-order valence-electron chi connectivity index (χ3n) is 1.01. The van der Waals surface area contributed by atoms with Gasteiger partial charge in [-0.2, -0.15) is 0 Å². The van der Waals surface area contributed by atoms with Crippen LogP contribution in [-0.4, -0.2) is 12.0 Å². The minimum absolute atomic E-state index is 0.0407. The minimum Gasteiger partial charge on any atom is -0.481 e. The van der Waals surface area contributed by atoms with Crippen molar-refractivity contribution in [2.45, 2.75) is 0 Å². The molecule has 4 nitrogen and oxygen atoms in total. The van der Waals surface area contributed by atoms with Crippen molar-refractivity contribution in [2.24, 2.45) is 5.84 Å². The van der Waals surface area contributed by atoms with E-state index in [2.05, 4.69) is 15.1 Å². The van der Waals surface area contributed by atoms with Crippen molar-refractivity contribution in [3.05, 3.63) is 18.3 Å². The molecule has 0 atom stereocenters. The van der Waals surface area contributed by atoms with Gasteiger partial charge >= 0.3 is 0 Å². The van der Waals surface area contributed by atoms with Gasteiger partial charge in [0.15, 0.2) is 0 Å². The number of nitrogens with one attached hydrogen (secondary N) is 1. The van der Waals surface area contributed by atoms with Crippen LogP contribution in [0.4, 0.5) is 5.69 Å². The Kier molecular flexibility index (Phi) is 1.14. The van der Waals surface area contributed by atoms with Crippen LogP contribution < -0.4 is 16.0 Å². The molecule has 0 saturated carbocycles. The highest BCUT2D eigenvalue weighted by molar-refractivity contribution is 5.40. The van der Waals surface area contributed by atoms with Gasteiger partial charge in [-0.05, 0) is 6.07 Å². The quantitative estimate of drug-likeness (QED) is 0.463. The molecule has 54 valence electrons. The summed E-state index contributed by atoms with van der Waals surface area (Å²) in [7, 11) is -2.47. The molecule has 0 saturated heterocycles. The summed E-state index contributed by atoms with van der Waals surface area (Å²) in [6.45, 7) is 0. The Balaban J connectivity index is 2.70. The Bertz CT molecular complexity index is 271. The molecule has 1 heterocycles. The maximum Gasteiger partial charge on any atom is 0.213 e. The first kappa shape index (κ1) is 3.78. The maximum absolute atomic E-state index is 6.80. The molecule has 0 unspecified atom stereocenters. The van der Waals surface area contributed by atoms with E-state index in [-0.39, 0.29) is 5.88 Å². The van der Waals surface area contributed by atoms with Crippen LogP contribution in [0.25, 0.3) is 0 Å². The summed E-state index contributed by atoms with van der Waals surface area (Å²) >= 11 is 0. The normalized spacial score (nSPS) is 14.7. The topological polar surface area (TPSA) is 60.2 Å². The molecule has 0 fully saturated rings. The van der Waals surface area contributed by atoms with E-state index >= 15 is 0 Å². The highest BCUT2D eigenvalue weighted by Gasteiger charge is 1.90. The van der Waals surface area contributed by atoms with Crippen LogP contribution in [0, 0.1) is 0 Å². The Hall–Kier alpha value is -1.29. The van der Waals surface area contributed by atoms with E-state index in [1.807, 2.05) is 0 Å². The molecule has 1 rings (SSSR count). The smallest absolute Gasteiger partial charge is 0.213 e. The molecule has 0 aliphatic carbocycles. The van der Waals surface area contributed by atoms with E-state index in [0.717, 1.165) is 0 Å². The molecular formula is C6H9N3O. The number of nitrogens with two attached hydrogens (primary N) is 1. The number of aromatic nitrogens is 1. The molecule has 4 heteroatoms. The van der Waals surface area contributed by atoms with Crippen molar-refractivity contribution < 1.29 is 8.85 Å². The van der Waals surface area contributed by atoms with E-state index in [0.29, 0.717) is 5.69 Å². The predicted molar refractivity (Wildman–Crippen MR) is 38.6 cm³/mol. The maximum atomic E-state index is 6.80. The van der Waals surface area contributed by atoms with Gasteiger partial charge in [0.05, 0.1) is 23.0 Å². The fourth-order valence-electron chi connectivity index (χ4n) is 0.526. The van der Waals surface area contributed by atoms with E-state index in [4.69, 9.17) is 9.95 Å². The number of hydrazine groups is 1. The average Bonchev–Trinajstić information content (AvgIpc) is 2.03. The van der Waals surface area contributed by atoms with Crippen molar-refractivity contribution in [1.82, 2.24) is 4.98 Å². The van der Waals surface area contributed by atoms with Crippen molar-refractivity contribution >= 4 is 5.69 Å². The van der Waals surface area contributed by atoms with E-state index in [9.17, 15) is 0 Å². The molecule has 0 bridgehead atoms. The summed E-state index contributed by atoms with van der Waals surface area (Å²) in [4.78, 5) is 3.71. The molecule has 0 aliphatic rings. The lowest BCUT2D eigenvalue weighted by atomic mass is 10.4. The highest BCUT2D eigenvalue weighted by atomic mass is 16.5. The van der Waals surface area contributed by atoms with Crippen LogP contribution in [0.2, 0.25) is 0 Å². The van der Waals surface area contributed by atoms with Gasteiger partial charge in [0.25, 0.3) is 0 Å². The Morgan fingerprint density at radius 1 is 1.80 bits per heavy atom. The molecule has 0 aromatic carbocycles. The van der Waals surface area contributed by atoms with Crippen molar-refractivity contribution in [3.63, 3.8) is 0 Å². The summed E-state index contributed by atoms with van der Waals surface area (Å²) in [6, 6.07) is 2.98. The monoisotopic (exact) mass is 142 g/mol. The van der Waals surface area contributed by atoms with Gasteiger partial charge in [0.1, 0.15) is 0 Å². The zero-order valence-corrected chi connectivity index (χ0v) is 5.16. The molecule has 0 radical (unpaired) electrons. The second kappa shape index (κ2) is 3.03. The minimum atomic E-state index is -2.47. The van der Waals surface area contributed by atoms with Gasteiger partial charge in [-0.25, -0.2) is 4.98 Å². The Morgan fingerprint density at radius 2 is 2.70 bits per heavy atom. The molecule has 0 aliphatic heterocycles. The lowest BCUT2D eigenvalue weighted by molar-refractivity contribution is 0.398. The molecule has 0 amide bonds. The SMILES string of the molecule is [2H]C([2H])([2H])Oc1ccc(NN)cn1. The Morgan fingerprint density at radius 3 is 3.20 bits per heavy atom. The third-order valence-corrected chi connectivity index (χ3v) is 1.01. The molecule has 10 heavy (non-hydrogen) atoms. The Labute approximate surface area is 63.2 Å². The van der Waals surface area contributed by atoms with Crippen LogP contribution in [0.15, 0.2) is 18.3 Å². The first-order valence-electron chi connectivity index (χ1n) is 4.13. The predicted octanol–water partition coefficient (Wildman–Crippen LogP) is 0.376. The molecular weight excluding hydrogens is 130 g/mol. The summed E-state index contributed by atoms with van der Waals surface area (Å²) in [5.74, 6) is 5.13. The van der Waals surface area contributed by atoms with Crippen LogP contribution in [0.3, 0.4) is 0 Å². The van der Waals surface area contributed by atoms with E-state index < -0.39 is 7.04 Å². The zero-order valence-electron chi connectivity index (χ0n) is 8.16. The number of pyridine rings is 1. The number of methoxy groups -OCH3 is 1. The number of nitrogens with zero attached hydrogens (tertiary/aromatic N) is 1. The first-order chi connectivity index (χ1) is 6.01. The van der Waals surface area contributed by atoms with Crippen LogP contribution in [-0.2, 0) is 0 Å². The number of hydrogen-bond acceptors (Lipinski definition) is 4. The van der Waals surface area contributed by atoms with Crippen molar-refractivity contribution in [2.75, 3.05) is 12.5 Å². The second-order valence-electron chi connectivity index (χ2n) is 1.63. The summed E-state index contributed by atoms with van der Waals surface area (Å²) in [5.41, 5.74) is 2.94. The van der Waals surface area contributed by atoms with Gasteiger partial charge in [-0.1, -0.05) is 0 Å². The van der Waals surface area contributed by atoms with E-state index in [1.54, 1.807) is 6.07 Å². The van der Waals surface area contributed by atoms with Crippen molar-refractivity contribution in [1.29, 1.82) is 0 Å². The summed E-state index contributed by atoms with van der Waals surface area (Å²) in [5, 5.41) is 0. The number of anilines is 1. The van der Waals surface area contributed by atoms with E-state index in [1.165, 1.54) is 12.3 Å². The van der Waals surface area contributed by atoms with Gasteiger partial charge in [-0.15, -0.1) is 0 Å². The van der Waals surface area contributed by atoms with Gasteiger partial charge in [0, 0.05) is 6.07 Å². The number of hydrogen-bond donors (Lipinski definition) is 2. The van der Waals surface area contributed by atoms with Gasteiger partial charge in [0.2, 0.25) is 5.88 Å². The van der Waals surface area contributed by atoms with Crippen LogP contribution >= 0.6 is 0 Å². The van der Waals surface area contributed by atoms with Crippen LogP contribution in [0.5, 0.6) is 5.88 Å². The summed E-state index contributed by atoms with van der Waals surface area (Å²) in [6.07, 6.45) is 1.38. The summed E-state index contributed by atoms with van der Waals surface area (Å²) < 4.78 is 24.9. The molecule has 1 aromatic heterocycles. The third kappa shape index (κ3) is 1.35. The highest BCUT2D eigenvalue weighted by Crippen LogP contribution is 2.08. The fourth-order valence-corrected chi connectivity index (χ4v) is 0.526. The van der Waals surface area contributed by atoms with Gasteiger partial charge < -0.3 is 10.2 Å². The lowest BCUT2D eigenvalue weighted by Gasteiger charge is -1.99. The number of nitrogen functional groups attached to an aromatic ring is 1. The lowest BCUT2D eigenvalue weighted by Crippen LogP contribution is -2.06. The fraction of sp³-hybridized carbons (Fsp3) is 0.167. The molecule has 3 N–H and O–H groups in total. The van der Waals surface area contributed by atoms with Crippen LogP contribution in [0.1, 0.15) is 4.11 Å².